The largest absolute Gasteiger partial charge is 0.326 e. The summed E-state index contributed by atoms with van der Waals surface area (Å²) >= 11 is 3.33. The highest BCUT2D eigenvalue weighted by Gasteiger charge is 2.10. The van der Waals surface area contributed by atoms with E-state index < -0.39 is 0 Å². The van der Waals surface area contributed by atoms with Crippen LogP contribution in [0.15, 0.2) is 33.4 Å². The Hall–Kier alpha value is -1.69. The topological polar surface area (TPSA) is 68.0 Å². The third-order valence-electron chi connectivity index (χ3n) is 2.20. The molecule has 0 radical (unpaired) electrons. The van der Waals surface area contributed by atoms with Gasteiger partial charge in [0.1, 0.15) is 11.4 Å². The van der Waals surface area contributed by atoms with Crippen LogP contribution >= 0.6 is 15.9 Å². The van der Waals surface area contributed by atoms with Crippen LogP contribution in [0.25, 0.3) is 0 Å². The van der Waals surface area contributed by atoms with E-state index in [2.05, 4.69) is 36.2 Å². The number of hydrogen-bond donors (Lipinski definition) is 1. The van der Waals surface area contributed by atoms with Gasteiger partial charge >= 0.3 is 0 Å². The lowest BCUT2D eigenvalue weighted by Gasteiger charge is -2.03. The highest BCUT2D eigenvalue weighted by molar-refractivity contribution is 9.10. The lowest BCUT2D eigenvalue weighted by atomic mass is 10.2. The lowest BCUT2D eigenvalue weighted by molar-refractivity contribution is -0.115. The van der Waals surface area contributed by atoms with E-state index in [0.717, 1.165) is 10.2 Å². The fraction of sp³-hybridized carbons (Fsp3) is 0.182. The molecule has 88 valence electrons. The summed E-state index contributed by atoms with van der Waals surface area (Å²) in [5, 5.41) is 10.0. The summed E-state index contributed by atoms with van der Waals surface area (Å²) < 4.78 is 5.49. The minimum atomic E-state index is -0.147. The summed E-state index contributed by atoms with van der Waals surface area (Å²) in [6.45, 7) is 1.75. The number of carbonyl (C=O) groups is 1. The molecule has 6 heteroatoms. The van der Waals surface area contributed by atoms with Gasteiger partial charge in [-0.05, 0) is 31.2 Å². The molecule has 2 rings (SSSR count). The van der Waals surface area contributed by atoms with Crippen LogP contribution in [0.1, 0.15) is 11.4 Å². The molecule has 0 spiro atoms. The molecular weight excluding hydrogens is 286 g/mol. The van der Waals surface area contributed by atoms with Crippen molar-refractivity contribution in [2.75, 3.05) is 5.32 Å². The second-order valence-corrected chi connectivity index (χ2v) is 4.44. The Balaban J connectivity index is 1.98. The zero-order valence-corrected chi connectivity index (χ0v) is 10.7. The Morgan fingerprint density at radius 3 is 2.65 bits per heavy atom. The summed E-state index contributed by atoms with van der Waals surface area (Å²) in [6, 6.07) is 7.35. The molecule has 0 bridgehead atoms. The minimum Gasteiger partial charge on any atom is -0.326 e. The van der Waals surface area contributed by atoms with Crippen LogP contribution in [-0.4, -0.2) is 16.2 Å². The van der Waals surface area contributed by atoms with Crippen LogP contribution in [0.2, 0.25) is 0 Å². The first kappa shape index (κ1) is 11.8. The number of carbonyl (C=O) groups excluding carboxylic acids is 1. The van der Waals surface area contributed by atoms with Crippen molar-refractivity contribution in [3.8, 4) is 0 Å². The molecule has 0 saturated carbocycles. The number of amides is 1. The van der Waals surface area contributed by atoms with Gasteiger partial charge in [-0.3, -0.25) is 4.79 Å². The summed E-state index contributed by atoms with van der Waals surface area (Å²) in [7, 11) is 0. The van der Waals surface area contributed by atoms with Crippen molar-refractivity contribution in [2.45, 2.75) is 13.3 Å². The molecule has 17 heavy (non-hydrogen) atoms. The van der Waals surface area contributed by atoms with E-state index in [-0.39, 0.29) is 12.3 Å². The first-order valence-electron chi connectivity index (χ1n) is 4.98. The van der Waals surface area contributed by atoms with Gasteiger partial charge in [0, 0.05) is 10.2 Å². The number of aryl methyl sites for hydroxylation is 1. The second kappa shape index (κ2) is 5.09. The Labute approximate surface area is 106 Å². The number of halogens is 1. The Morgan fingerprint density at radius 1 is 1.35 bits per heavy atom. The smallest absolute Gasteiger partial charge is 0.230 e. The molecule has 2 aromatic rings. The molecule has 0 fully saturated rings. The molecule has 0 aliphatic carbocycles. The van der Waals surface area contributed by atoms with Crippen molar-refractivity contribution in [3.63, 3.8) is 0 Å². The first-order valence-corrected chi connectivity index (χ1v) is 5.78. The molecule has 0 saturated heterocycles. The molecule has 1 aromatic carbocycles. The lowest BCUT2D eigenvalue weighted by Crippen LogP contribution is -2.15. The molecule has 1 N–H and O–H groups in total. The molecule has 5 nitrogen and oxygen atoms in total. The number of anilines is 1. The average Bonchev–Trinajstić information content (AvgIpc) is 2.68. The normalized spacial score (nSPS) is 10.2. The fourth-order valence-corrected chi connectivity index (χ4v) is 1.56. The molecule has 1 heterocycles. The van der Waals surface area contributed by atoms with Crippen molar-refractivity contribution in [1.29, 1.82) is 0 Å². The number of benzene rings is 1. The predicted molar refractivity (Wildman–Crippen MR) is 65.5 cm³/mol. The maximum atomic E-state index is 11.7. The molecule has 0 aliphatic heterocycles. The standard InChI is InChI=1S/C11H10BrN3O2/c1-7-10(15-17-14-7)6-11(16)13-9-4-2-8(12)3-5-9/h2-5H,6H2,1H3,(H,13,16). The van der Waals surface area contributed by atoms with Crippen LogP contribution in [-0.2, 0) is 11.2 Å². The predicted octanol–water partition coefficient (Wildman–Crippen LogP) is 2.32. The zero-order chi connectivity index (χ0) is 12.3. The van der Waals surface area contributed by atoms with Gasteiger partial charge in [-0.2, -0.15) is 0 Å². The van der Waals surface area contributed by atoms with Crippen LogP contribution in [0.5, 0.6) is 0 Å². The highest BCUT2D eigenvalue weighted by atomic mass is 79.9. The molecule has 0 atom stereocenters. The number of rotatable bonds is 3. The monoisotopic (exact) mass is 295 g/mol. The van der Waals surface area contributed by atoms with E-state index in [0.29, 0.717) is 11.4 Å². The molecule has 0 unspecified atom stereocenters. The number of hydrogen-bond acceptors (Lipinski definition) is 4. The summed E-state index contributed by atoms with van der Waals surface area (Å²) in [4.78, 5) is 11.7. The Morgan fingerprint density at radius 2 is 2.06 bits per heavy atom. The van der Waals surface area contributed by atoms with E-state index in [9.17, 15) is 4.79 Å². The van der Waals surface area contributed by atoms with Crippen molar-refractivity contribution < 1.29 is 9.42 Å². The van der Waals surface area contributed by atoms with E-state index in [4.69, 9.17) is 0 Å². The Bertz CT molecular complexity index is 522. The first-order chi connectivity index (χ1) is 8.15. The minimum absolute atomic E-state index is 0.147. The Kier molecular flexibility index (Phi) is 3.53. The van der Waals surface area contributed by atoms with Crippen LogP contribution in [0.3, 0.4) is 0 Å². The zero-order valence-electron chi connectivity index (χ0n) is 9.11. The van der Waals surface area contributed by atoms with E-state index in [1.165, 1.54) is 0 Å². The van der Waals surface area contributed by atoms with Crippen LogP contribution in [0, 0.1) is 6.92 Å². The van der Waals surface area contributed by atoms with Gasteiger partial charge in [0.2, 0.25) is 5.91 Å². The average molecular weight is 296 g/mol. The van der Waals surface area contributed by atoms with Crippen LogP contribution < -0.4 is 5.32 Å². The van der Waals surface area contributed by atoms with E-state index >= 15 is 0 Å². The van der Waals surface area contributed by atoms with Gasteiger partial charge in [-0.25, -0.2) is 4.63 Å². The summed E-state index contributed by atoms with van der Waals surface area (Å²) in [6.07, 6.45) is 0.158. The number of aromatic nitrogens is 2. The molecule has 1 amide bonds. The highest BCUT2D eigenvalue weighted by Crippen LogP contribution is 2.14. The summed E-state index contributed by atoms with van der Waals surface area (Å²) in [5.74, 6) is -0.147. The van der Waals surface area contributed by atoms with Crippen molar-refractivity contribution in [3.05, 3.63) is 40.1 Å². The third kappa shape index (κ3) is 3.13. The fourth-order valence-electron chi connectivity index (χ4n) is 1.30. The third-order valence-corrected chi connectivity index (χ3v) is 2.73. The molecule has 0 aliphatic rings. The number of nitrogens with one attached hydrogen (secondary N) is 1. The van der Waals surface area contributed by atoms with Crippen LogP contribution in [0.4, 0.5) is 5.69 Å². The molecular formula is C11H10BrN3O2. The maximum Gasteiger partial charge on any atom is 0.230 e. The summed E-state index contributed by atoms with van der Waals surface area (Å²) in [5.41, 5.74) is 1.93. The van der Waals surface area contributed by atoms with Gasteiger partial charge in [0.25, 0.3) is 0 Å². The van der Waals surface area contributed by atoms with Gasteiger partial charge < -0.3 is 5.32 Å². The SMILES string of the molecule is Cc1nonc1CC(=O)Nc1ccc(Br)cc1. The van der Waals surface area contributed by atoms with Crippen molar-refractivity contribution in [2.24, 2.45) is 0 Å². The van der Waals surface area contributed by atoms with E-state index in [1.807, 2.05) is 24.3 Å². The van der Waals surface area contributed by atoms with Gasteiger partial charge in [0.15, 0.2) is 0 Å². The quantitative estimate of drug-likeness (QED) is 0.943. The number of nitrogens with zero attached hydrogens (tertiary/aromatic N) is 2. The molecule has 1 aromatic heterocycles. The second-order valence-electron chi connectivity index (χ2n) is 3.53. The van der Waals surface area contributed by atoms with Crippen molar-refractivity contribution in [1.82, 2.24) is 10.3 Å². The van der Waals surface area contributed by atoms with E-state index in [1.54, 1.807) is 6.92 Å². The van der Waals surface area contributed by atoms with Gasteiger partial charge in [-0.15, -0.1) is 0 Å². The van der Waals surface area contributed by atoms with Gasteiger partial charge in [-0.1, -0.05) is 26.2 Å². The van der Waals surface area contributed by atoms with Gasteiger partial charge in [0.05, 0.1) is 6.42 Å². The maximum absolute atomic E-state index is 11.7. The van der Waals surface area contributed by atoms with Crippen molar-refractivity contribution >= 4 is 27.5 Å².